The van der Waals surface area contributed by atoms with Crippen molar-refractivity contribution >= 4 is 44.5 Å². The molecule has 224 valence electrons. The van der Waals surface area contributed by atoms with Crippen molar-refractivity contribution < 1.29 is 24.2 Å². The van der Waals surface area contributed by atoms with Crippen LogP contribution in [0.5, 0.6) is 0 Å². The summed E-state index contributed by atoms with van der Waals surface area (Å²) in [6, 6.07) is 22.4. The molecule has 1 atom stereocenters. The van der Waals surface area contributed by atoms with Crippen molar-refractivity contribution in [2.24, 2.45) is 5.92 Å². The van der Waals surface area contributed by atoms with Gasteiger partial charge in [0, 0.05) is 10.8 Å². The van der Waals surface area contributed by atoms with Crippen molar-refractivity contribution in [1.82, 2.24) is 0 Å². The van der Waals surface area contributed by atoms with Crippen LogP contribution in [0.3, 0.4) is 0 Å². The van der Waals surface area contributed by atoms with E-state index in [9.17, 15) is 0 Å². The van der Waals surface area contributed by atoms with E-state index in [1.165, 1.54) is 90.3 Å². The van der Waals surface area contributed by atoms with Crippen molar-refractivity contribution in [2.75, 3.05) is 0 Å². The van der Waals surface area contributed by atoms with Gasteiger partial charge in [0.1, 0.15) is 0 Å². The second kappa shape index (κ2) is 12.0. The molecular formula is C42H48SiZr. The van der Waals surface area contributed by atoms with Crippen LogP contribution in [0.1, 0.15) is 83.2 Å². The first kappa shape index (κ1) is 32.8. The molecule has 0 N–H and O–H groups in total. The molecule has 0 saturated carbocycles. The molecule has 0 fully saturated rings. The normalized spacial score (nSPS) is 19.2. The Labute approximate surface area is 282 Å². The van der Waals surface area contributed by atoms with Crippen LogP contribution in [0.15, 0.2) is 89.7 Å². The van der Waals surface area contributed by atoms with Crippen LogP contribution in [0, 0.1) is 12.0 Å². The van der Waals surface area contributed by atoms with E-state index in [0.717, 1.165) is 0 Å². The number of fused-ring (bicyclic) bond motifs is 5. The summed E-state index contributed by atoms with van der Waals surface area (Å²) in [5.74, 6) is 0.553. The summed E-state index contributed by atoms with van der Waals surface area (Å²) < 4.78 is 2.17. The average Bonchev–Trinajstić information content (AvgIpc) is 3.62. The van der Waals surface area contributed by atoms with Crippen LogP contribution in [0.25, 0.3) is 32.7 Å². The predicted molar refractivity (Wildman–Crippen MR) is 195 cm³/mol. The Morgan fingerprint density at radius 2 is 1.25 bits per heavy atom. The average molecular weight is 672 g/mol. The van der Waals surface area contributed by atoms with E-state index in [1.807, 2.05) is 6.07 Å². The molecule has 0 radical (unpaired) electrons. The summed E-state index contributed by atoms with van der Waals surface area (Å²) in [7, 11) is -1.07. The molecular weight excluding hydrogens is 624 g/mol. The van der Waals surface area contributed by atoms with E-state index in [2.05, 4.69) is 158 Å². The van der Waals surface area contributed by atoms with E-state index in [0.29, 0.717) is 5.92 Å². The summed E-state index contributed by atoms with van der Waals surface area (Å²) in [5, 5.41) is 7.17. The molecule has 0 amide bonds. The standard InChI is InChI=1S/C25H25.C10H17Si.C7H6.Zr/c1-14-12-24(3,4)22-8-16-7-17-9-23-19(15(2)13-25(23,5)6)11-21(17)20(16)10-18(14)22;1-8-6-9(2)10(7-8)11(3,4)5;1-7-5-3-2-4-6-7;/h7-13H,1-6H3;7-8H,1-5H3;1-6H;/q2*-1;;+2. The molecule has 1 unspecified atom stereocenters. The van der Waals surface area contributed by atoms with Crippen molar-refractivity contribution in [3.8, 4) is 0 Å². The van der Waals surface area contributed by atoms with Crippen molar-refractivity contribution in [3.63, 3.8) is 0 Å². The van der Waals surface area contributed by atoms with Gasteiger partial charge in [-0.1, -0.05) is 103 Å². The zero-order valence-electron chi connectivity index (χ0n) is 28.7. The van der Waals surface area contributed by atoms with E-state index in [4.69, 9.17) is 0 Å². The van der Waals surface area contributed by atoms with Gasteiger partial charge in [-0.3, -0.25) is 6.08 Å². The van der Waals surface area contributed by atoms with Gasteiger partial charge < -0.3 is 0 Å². The van der Waals surface area contributed by atoms with E-state index >= 15 is 0 Å². The van der Waals surface area contributed by atoms with Gasteiger partial charge in [0.25, 0.3) is 0 Å². The van der Waals surface area contributed by atoms with Gasteiger partial charge in [0.05, 0.1) is 0 Å². The molecule has 7 rings (SSSR count). The van der Waals surface area contributed by atoms with Gasteiger partial charge in [-0.25, -0.2) is 10.8 Å². The zero-order valence-corrected chi connectivity index (χ0v) is 32.1. The molecule has 3 aliphatic rings. The van der Waals surface area contributed by atoms with Crippen LogP contribution in [0.4, 0.5) is 0 Å². The number of benzene rings is 3. The number of rotatable bonds is 2. The molecule has 4 aromatic rings. The van der Waals surface area contributed by atoms with Crippen LogP contribution < -0.4 is 0 Å². The Balaban J connectivity index is 0.000000167. The van der Waals surface area contributed by atoms with Gasteiger partial charge >= 0.3 is 63.8 Å². The van der Waals surface area contributed by atoms with Crippen LogP contribution in [-0.4, -0.2) is 11.8 Å². The Bertz CT molecular complexity index is 1790. The number of allylic oxidation sites excluding steroid dienone is 8. The fourth-order valence-corrected chi connectivity index (χ4v) is 9.84. The van der Waals surface area contributed by atoms with E-state index in [-0.39, 0.29) is 10.8 Å². The Hall–Kier alpha value is -2.54. The van der Waals surface area contributed by atoms with E-state index < -0.39 is 8.07 Å². The Morgan fingerprint density at radius 3 is 1.59 bits per heavy atom. The molecule has 4 aromatic carbocycles. The molecule has 0 aliphatic heterocycles. The molecule has 0 nitrogen and oxygen atoms in total. The van der Waals surface area contributed by atoms with Crippen LogP contribution in [0.2, 0.25) is 19.6 Å². The SMILES string of the molecule is CC1=CC(C)(C)c2cc3[cH-]c4cc5c(cc4c3cc21)C(C)=CC5(C)C.CC1=[C-]C(C)C=C1[Si](C)(C)C.[Zr+2]=[CH]c1ccccc1. The first-order valence-electron chi connectivity index (χ1n) is 16.0. The molecule has 2 heteroatoms. The summed E-state index contributed by atoms with van der Waals surface area (Å²) in [6.07, 6.45) is 10.6. The van der Waals surface area contributed by atoms with Gasteiger partial charge in [-0.15, -0.1) is 39.7 Å². The molecule has 0 spiro atoms. The molecule has 44 heavy (non-hydrogen) atoms. The summed E-state index contributed by atoms with van der Waals surface area (Å²) in [6.45, 7) is 25.3. The molecule has 0 aromatic heterocycles. The van der Waals surface area contributed by atoms with Gasteiger partial charge in [-0.2, -0.15) is 6.08 Å². The van der Waals surface area contributed by atoms with Crippen LogP contribution in [-0.2, 0) is 35.1 Å². The molecule has 0 saturated heterocycles. The topological polar surface area (TPSA) is 0 Å². The Kier molecular flexibility index (Phi) is 8.96. The fourth-order valence-electron chi connectivity index (χ4n) is 7.42. The number of hydrogen-bond acceptors (Lipinski definition) is 0. The second-order valence-corrected chi connectivity index (χ2v) is 20.9. The number of hydrogen-bond donors (Lipinski definition) is 0. The monoisotopic (exact) mass is 670 g/mol. The third-order valence-electron chi connectivity index (χ3n) is 9.41. The fraction of sp³-hybridized carbons (Fsp3) is 0.333. The maximum absolute atomic E-state index is 3.43. The van der Waals surface area contributed by atoms with Crippen molar-refractivity contribution in [3.05, 3.63) is 124 Å². The first-order chi connectivity index (χ1) is 20.5. The summed E-state index contributed by atoms with van der Waals surface area (Å²) >= 11 is 1.46. The minimum atomic E-state index is -1.07. The summed E-state index contributed by atoms with van der Waals surface area (Å²) in [5.41, 5.74) is 11.6. The third kappa shape index (κ3) is 6.41. The Morgan fingerprint density at radius 1 is 0.773 bits per heavy atom. The first-order valence-corrected chi connectivity index (χ1v) is 20.9. The van der Waals surface area contributed by atoms with Gasteiger partial charge in [-0.05, 0) is 44.2 Å². The molecule has 3 aliphatic carbocycles. The summed E-state index contributed by atoms with van der Waals surface area (Å²) in [4.78, 5) is 0. The van der Waals surface area contributed by atoms with Gasteiger partial charge in [0.15, 0.2) is 0 Å². The van der Waals surface area contributed by atoms with Crippen LogP contribution >= 0.6 is 0 Å². The zero-order chi connectivity index (χ0) is 32.2. The maximum atomic E-state index is 3.43. The molecule has 0 bridgehead atoms. The van der Waals surface area contributed by atoms with Crippen molar-refractivity contribution in [1.29, 1.82) is 0 Å². The van der Waals surface area contributed by atoms with Gasteiger partial charge in [0.2, 0.25) is 0 Å². The van der Waals surface area contributed by atoms with Crippen molar-refractivity contribution in [2.45, 2.75) is 85.9 Å². The minimum absolute atomic E-state index is 0.139. The molecule has 0 heterocycles. The van der Waals surface area contributed by atoms with E-state index in [1.54, 1.807) is 5.20 Å². The predicted octanol–water partition coefficient (Wildman–Crippen LogP) is 11.7. The second-order valence-electron chi connectivity index (χ2n) is 15.2. The third-order valence-corrected chi connectivity index (χ3v) is 12.4. The quantitative estimate of drug-likeness (QED) is 0.147.